The van der Waals surface area contributed by atoms with Gasteiger partial charge in [-0.15, -0.1) is 0 Å². The second-order valence-corrected chi connectivity index (χ2v) is 5.00. The van der Waals surface area contributed by atoms with Crippen molar-refractivity contribution in [2.24, 2.45) is 0 Å². The van der Waals surface area contributed by atoms with Crippen LogP contribution in [0.1, 0.15) is 38.7 Å². The van der Waals surface area contributed by atoms with Gasteiger partial charge in [0.05, 0.1) is 6.61 Å². The van der Waals surface area contributed by atoms with Crippen molar-refractivity contribution in [1.82, 2.24) is 5.32 Å². The largest absolute Gasteiger partial charge is 0.466 e. The molecule has 3 heteroatoms. The summed E-state index contributed by atoms with van der Waals surface area (Å²) in [5.41, 5.74) is 0.0908. The highest BCUT2D eigenvalue weighted by Crippen LogP contribution is 2.28. The fourth-order valence-corrected chi connectivity index (χ4v) is 1.75. The molecular formula is C14H25NO2. The van der Waals surface area contributed by atoms with Gasteiger partial charge in [0.25, 0.3) is 0 Å². The number of ether oxygens (including phenoxy) is 1. The van der Waals surface area contributed by atoms with E-state index in [-0.39, 0.29) is 5.41 Å². The molecule has 0 aliphatic rings. The number of furan rings is 1. The summed E-state index contributed by atoms with van der Waals surface area (Å²) < 4.78 is 10.8. The smallest absolute Gasteiger partial charge is 0.109 e. The third-order valence-electron chi connectivity index (χ3n) is 3.09. The Kier molecular flexibility index (Phi) is 5.72. The zero-order valence-electron chi connectivity index (χ0n) is 11.5. The molecule has 0 bridgehead atoms. The molecule has 1 aromatic rings. The van der Waals surface area contributed by atoms with Crippen LogP contribution in [0.3, 0.4) is 0 Å². The topological polar surface area (TPSA) is 34.4 Å². The summed E-state index contributed by atoms with van der Waals surface area (Å²) in [6, 6.07) is 4.18. The van der Waals surface area contributed by atoms with Crippen molar-refractivity contribution >= 4 is 0 Å². The van der Waals surface area contributed by atoms with E-state index in [1.165, 1.54) is 0 Å². The Labute approximate surface area is 105 Å². The first-order valence-corrected chi connectivity index (χ1v) is 6.39. The maximum absolute atomic E-state index is 5.82. The first kappa shape index (κ1) is 14.3. The molecular weight excluding hydrogens is 214 g/mol. The number of nitrogens with one attached hydrogen (secondary N) is 1. The number of hydrogen-bond donors (Lipinski definition) is 1. The van der Waals surface area contributed by atoms with Gasteiger partial charge in [-0.3, -0.25) is 0 Å². The maximum Gasteiger partial charge on any atom is 0.109 e. The van der Waals surface area contributed by atoms with E-state index in [0.717, 1.165) is 44.1 Å². The Morgan fingerprint density at radius 1 is 1.29 bits per heavy atom. The van der Waals surface area contributed by atoms with Crippen molar-refractivity contribution in [3.8, 4) is 0 Å². The van der Waals surface area contributed by atoms with Crippen LogP contribution in [-0.4, -0.2) is 26.8 Å². The Morgan fingerprint density at radius 3 is 2.65 bits per heavy atom. The first-order chi connectivity index (χ1) is 8.10. The Bertz CT molecular complexity index is 318. The van der Waals surface area contributed by atoms with Gasteiger partial charge in [-0.1, -0.05) is 20.8 Å². The lowest BCUT2D eigenvalue weighted by molar-refractivity contribution is 0.198. The predicted octanol–water partition coefficient (Wildman–Crippen LogP) is 2.75. The second-order valence-electron chi connectivity index (χ2n) is 5.00. The molecule has 1 heterocycles. The molecule has 1 rings (SSSR count). The average Bonchev–Trinajstić information content (AvgIpc) is 2.78. The molecule has 0 radical (unpaired) electrons. The Balaban J connectivity index is 2.39. The molecule has 0 amide bonds. The fraction of sp³-hybridized carbons (Fsp3) is 0.714. The zero-order valence-corrected chi connectivity index (χ0v) is 11.5. The quantitative estimate of drug-likeness (QED) is 0.708. The average molecular weight is 239 g/mol. The van der Waals surface area contributed by atoms with E-state index in [1.807, 2.05) is 0 Å². The highest BCUT2D eigenvalue weighted by molar-refractivity contribution is 5.15. The van der Waals surface area contributed by atoms with Gasteiger partial charge in [-0.25, -0.2) is 0 Å². The second kappa shape index (κ2) is 6.82. The number of methoxy groups -OCH3 is 1. The van der Waals surface area contributed by atoms with Crippen LogP contribution in [0, 0.1) is 0 Å². The highest BCUT2D eigenvalue weighted by Gasteiger charge is 2.23. The highest BCUT2D eigenvalue weighted by atomic mass is 16.5. The lowest BCUT2D eigenvalue weighted by atomic mass is 9.86. The number of rotatable bonds is 8. The molecule has 0 fully saturated rings. The summed E-state index contributed by atoms with van der Waals surface area (Å²) in [6.07, 6.45) is 2.02. The Hall–Kier alpha value is -0.800. The summed E-state index contributed by atoms with van der Waals surface area (Å²) in [7, 11) is 1.72. The van der Waals surface area contributed by atoms with Crippen LogP contribution in [0.5, 0.6) is 0 Å². The van der Waals surface area contributed by atoms with E-state index in [1.54, 1.807) is 7.11 Å². The summed E-state index contributed by atoms with van der Waals surface area (Å²) >= 11 is 0. The summed E-state index contributed by atoms with van der Waals surface area (Å²) in [4.78, 5) is 0. The first-order valence-electron chi connectivity index (χ1n) is 6.39. The predicted molar refractivity (Wildman–Crippen MR) is 70.5 cm³/mol. The van der Waals surface area contributed by atoms with Gasteiger partial charge in [0.2, 0.25) is 0 Å². The van der Waals surface area contributed by atoms with Crippen molar-refractivity contribution in [3.63, 3.8) is 0 Å². The van der Waals surface area contributed by atoms with Crippen LogP contribution < -0.4 is 5.32 Å². The van der Waals surface area contributed by atoms with Crippen LogP contribution in [0.4, 0.5) is 0 Å². The maximum atomic E-state index is 5.82. The van der Waals surface area contributed by atoms with E-state index < -0.39 is 0 Å². The lowest BCUT2D eigenvalue weighted by Gasteiger charge is -2.22. The van der Waals surface area contributed by atoms with Gasteiger partial charge in [-0.05, 0) is 25.1 Å². The Morgan fingerprint density at radius 2 is 2.06 bits per heavy atom. The van der Waals surface area contributed by atoms with Crippen molar-refractivity contribution in [2.75, 3.05) is 26.8 Å². The van der Waals surface area contributed by atoms with Gasteiger partial charge >= 0.3 is 0 Å². The molecule has 0 saturated carbocycles. The van der Waals surface area contributed by atoms with Gasteiger partial charge < -0.3 is 14.5 Å². The molecule has 0 spiro atoms. The molecule has 0 aliphatic heterocycles. The molecule has 1 N–H and O–H groups in total. The summed E-state index contributed by atoms with van der Waals surface area (Å²) in [5, 5.41) is 3.37. The minimum absolute atomic E-state index is 0.0908. The van der Waals surface area contributed by atoms with Crippen LogP contribution in [0.15, 0.2) is 16.5 Å². The zero-order chi connectivity index (χ0) is 12.7. The molecule has 0 aliphatic carbocycles. The molecule has 17 heavy (non-hydrogen) atoms. The van der Waals surface area contributed by atoms with Gasteiger partial charge in [0.15, 0.2) is 0 Å². The van der Waals surface area contributed by atoms with Gasteiger partial charge in [0.1, 0.15) is 11.5 Å². The van der Waals surface area contributed by atoms with Crippen molar-refractivity contribution in [2.45, 2.75) is 39.0 Å². The SMILES string of the molecule is CCc1ccc(C(C)(C)CCNCCOC)o1. The standard InChI is InChI=1S/C14H25NO2/c1-5-12-6-7-13(17-12)14(2,3)8-9-15-10-11-16-4/h6-7,15H,5,8-11H2,1-4H3. The molecule has 0 unspecified atom stereocenters. The van der Waals surface area contributed by atoms with Gasteiger partial charge in [-0.2, -0.15) is 0 Å². The van der Waals surface area contributed by atoms with E-state index in [0.29, 0.717) is 0 Å². The van der Waals surface area contributed by atoms with Crippen LogP contribution in [0.25, 0.3) is 0 Å². The van der Waals surface area contributed by atoms with Crippen LogP contribution in [-0.2, 0) is 16.6 Å². The normalized spacial score (nSPS) is 12.0. The van der Waals surface area contributed by atoms with Crippen molar-refractivity contribution in [1.29, 1.82) is 0 Å². The summed E-state index contributed by atoms with van der Waals surface area (Å²) in [5.74, 6) is 2.16. The van der Waals surface area contributed by atoms with E-state index in [9.17, 15) is 0 Å². The lowest BCUT2D eigenvalue weighted by Crippen LogP contribution is -2.27. The third kappa shape index (κ3) is 4.52. The molecule has 98 valence electrons. The van der Waals surface area contributed by atoms with Gasteiger partial charge in [0, 0.05) is 25.5 Å². The molecule has 1 aromatic heterocycles. The van der Waals surface area contributed by atoms with E-state index in [2.05, 4.69) is 38.2 Å². The molecule has 0 atom stereocenters. The summed E-state index contributed by atoms with van der Waals surface area (Å²) in [6.45, 7) is 9.22. The monoisotopic (exact) mass is 239 g/mol. The van der Waals surface area contributed by atoms with E-state index >= 15 is 0 Å². The van der Waals surface area contributed by atoms with Crippen molar-refractivity contribution < 1.29 is 9.15 Å². The number of aryl methyl sites for hydroxylation is 1. The minimum Gasteiger partial charge on any atom is -0.466 e. The van der Waals surface area contributed by atoms with Crippen LogP contribution >= 0.6 is 0 Å². The van der Waals surface area contributed by atoms with Crippen LogP contribution in [0.2, 0.25) is 0 Å². The fourth-order valence-electron chi connectivity index (χ4n) is 1.75. The van der Waals surface area contributed by atoms with E-state index in [4.69, 9.17) is 9.15 Å². The minimum atomic E-state index is 0.0908. The van der Waals surface area contributed by atoms with Crippen molar-refractivity contribution in [3.05, 3.63) is 23.7 Å². The number of hydrogen-bond acceptors (Lipinski definition) is 3. The molecule has 0 saturated heterocycles. The molecule has 0 aromatic carbocycles. The third-order valence-corrected chi connectivity index (χ3v) is 3.09. The molecule has 3 nitrogen and oxygen atoms in total.